The molecule has 0 radical (unpaired) electrons. The molecule has 1 saturated carbocycles. The summed E-state index contributed by atoms with van der Waals surface area (Å²) in [5.74, 6) is -1.54. The van der Waals surface area contributed by atoms with Crippen molar-refractivity contribution in [2.45, 2.75) is 25.3 Å². The number of aliphatic carboxylic acids is 1. The van der Waals surface area contributed by atoms with Crippen molar-refractivity contribution in [3.05, 3.63) is 33.1 Å². The molecule has 1 heterocycles. The number of nitrogens with zero attached hydrogens (tertiary/aromatic N) is 3. The van der Waals surface area contributed by atoms with E-state index in [1.54, 1.807) is 0 Å². The Bertz CT molecular complexity index is 603. The minimum Gasteiger partial charge on any atom is -0.481 e. The topological polar surface area (TPSA) is 114 Å². The van der Waals surface area contributed by atoms with E-state index in [4.69, 9.17) is 16.7 Å². The highest BCUT2D eigenvalue weighted by Crippen LogP contribution is 2.30. The molecule has 0 aromatic carbocycles. The first kappa shape index (κ1) is 15.2. The minimum absolute atomic E-state index is 0.0350. The average molecular weight is 314 g/mol. The molecule has 9 heteroatoms. The lowest BCUT2D eigenvalue weighted by molar-refractivity contribution is -0.385. The number of carbonyl (C=O) groups is 2. The molecule has 1 aliphatic carbocycles. The summed E-state index contributed by atoms with van der Waals surface area (Å²) < 4.78 is 0. The van der Waals surface area contributed by atoms with Crippen LogP contribution in [0.4, 0.5) is 5.69 Å². The van der Waals surface area contributed by atoms with Crippen molar-refractivity contribution >= 4 is 29.2 Å². The summed E-state index contributed by atoms with van der Waals surface area (Å²) >= 11 is 5.83. The molecule has 21 heavy (non-hydrogen) atoms. The SMILES string of the molecule is O=C(O)CCN(C(=O)c1cc([N+](=O)[O-])cnc1Cl)C1CC1. The Labute approximate surface area is 124 Å². The van der Waals surface area contributed by atoms with Gasteiger partial charge in [0.15, 0.2) is 0 Å². The fourth-order valence-corrected chi connectivity index (χ4v) is 2.08. The van der Waals surface area contributed by atoms with E-state index < -0.39 is 16.8 Å². The van der Waals surface area contributed by atoms with Crippen LogP contribution in [0.3, 0.4) is 0 Å². The lowest BCUT2D eigenvalue weighted by Crippen LogP contribution is -2.35. The molecule has 0 spiro atoms. The van der Waals surface area contributed by atoms with Gasteiger partial charge in [-0.15, -0.1) is 0 Å². The molecule has 1 aliphatic rings. The van der Waals surface area contributed by atoms with Crippen molar-refractivity contribution in [1.82, 2.24) is 9.88 Å². The molecule has 2 rings (SSSR count). The van der Waals surface area contributed by atoms with Gasteiger partial charge in [0.1, 0.15) is 11.3 Å². The van der Waals surface area contributed by atoms with Crippen LogP contribution in [0.2, 0.25) is 5.15 Å². The van der Waals surface area contributed by atoms with Crippen molar-refractivity contribution in [1.29, 1.82) is 0 Å². The number of carboxylic acids is 1. The monoisotopic (exact) mass is 313 g/mol. The van der Waals surface area contributed by atoms with Gasteiger partial charge in [-0.1, -0.05) is 11.6 Å². The molecule has 1 amide bonds. The summed E-state index contributed by atoms with van der Waals surface area (Å²) in [6, 6.07) is 1.03. The summed E-state index contributed by atoms with van der Waals surface area (Å²) in [6.45, 7) is 0.0395. The van der Waals surface area contributed by atoms with Gasteiger partial charge in [-0.05, 0) is 12.8 Å². The second-order valence-electron chi connectivity index (χ2n) is 4.66. The van der Waals surface area contributed by atoms with E-state index in [0.717, 1.165) is 25.1 Å². The predicted octanol–water partition coefficient (Wildman–Crippen LogP) is 1.72. The van der Waals surface area contributed by atoms with Gasteiger partial charge in [-0.2, -0.15) is 0 Å². The van der Waals surface area contributed by atoms with Gasteiger partial charge < -0.3 is 10.0 Å². The number of aromatic nitrogens is 1. The number of pyridine rings is 1. The maximum Gasteiger partial charge on any atom is 0.305 e. The quantitative estimate of drug-likeness (QED) is 0.486. The lowest BCUT2D eigenvalue weighted by atomic mass is 10.2. The van der Waals surface area contributed by atoms with Gasteiger partial charge in [0.2, 0.25) is 0 Å². The maximum absolute atomic E-state index is 12.4. The van der Waals surface area contributed by atoms with Gasteiger partial charge >= 0.3 is 5.97 Å². The number of rotatable bonds is 6. The normalized spacial score (nSPS) is 13.8. The molecule has 8 nitrogen and oxygen atoms in total. The van der Waals surface area contributed by atoms with Gasteiger partial charge in [0.05, 0.1) is 16.9 Å². The number of carbonyl (C=O) groups excluding carboxylic acids is 1. The smallest absolute Gasteiger partial charge is 0.305 e. The van der Waals surface area contributed by atoms with E-state index in [9.17, 15) is 19.7 Å². The molecule has 1 aromatic rings. The minimum atomic E-state index is -1.02. The summed E-state index contributed by atoms with van der Waals surface area (Å²) in [5.41, 5.74) is -0.417. The molecular formula is C12H12ClN3O5. The van der Waals surface area contributed by atoms with Crippen molar-refractivity contribution in [3.8, 4) is 0 Å². The fourth-order valence-electron chi connectivity index (χ4n) is 1.89. The average Bonchev–Trinajstić information content (AvgIpc) is 3.23. The largest absolute Gasteiger partial charge is 0.481 e. The van der Waals surface area contributed by atoms with E-state index in [-0.39, 0.29) is 35.4 Å². The third kappa shape index (κ3) is 3.66. The molecule has 0 aliphatic heterocycles. The van der Waals surface area contributed by atoms with Crippen molar-refractivity contribution in [2.24, 2.45) is 0 Å². The van der Waals surface area contributed by atoms with Crippen LogP contribution in [0, 0.1) is 10.1 Å². The van der Waals surface area contributed by atoms with Crippen molar-refractivity contribution in [3.63, 3.8) is 0 Å². The Morgan fingerprint density at radius 1 is 1.52 bits per heavy atom. The molecule has 1 aromatic heterocycles. The summed E-state index contributed by atoms with van der Waals surface area (Å²) in [5, 5.41) is 19.3. The van der Waals surface area contributed by atoms with Crippen LogP contribution < -0.4 is 0 Å². The zero-order valence-electron chi connectivity index (χ0n) is 10.9. The molecule has 0 saturated heterocycles. The van der Waals surface area contributed by atoms with Gasteiger partial charge in [-0.25, -0.2) is 4.98 Å². The fraction of sp³-hybridized carbons (Fsp3) is 0.417. The van der Waals surface area contributed by atoms with Gasteiger partial charge in [-0.3, -0.25) is 19.7 Å². The highest BCUT2D eigenvalue weighted by atomic mass is 35.5. The Morgan fingerprint density at radius 3 is 2.71 bits per heavy atom. The zero-order valence-corrected chi connectivity index (χ0v) is 11.6. The Hall–Kier alpha value is -2.22. The van der Waals surface area contributed by atoms with Crippen LogP contribution in [0.25, 0.3) is 0 Å². The highest BCUT2D eigenvalue weighted by Gasteiger charge is 2.34. The summed E-state index contributed by atoms with van der Waals surface area (Å²) in [6.07, 6.45) is 2.34. The van der Waals surface area contributed by atoms with Crippen molar-refractivity contribution < 1.29 is 19.6 Å². The van der Waals surface area contributed by atoms with E-state index in [1.165, 1.54) is 4.90 Å². The first-order valence-corrected chi connectivity index (χ1v) is 6.60. The van der Waals surface area contributed by atoms with Gasteiger partial charge in [0, 0.05) is 18.7 Å². The molecule has 112 valence electrons. The van der Waals surface area contributed by atoms with E-state index >= 15 is 0 Å². The van der Waals surface area contributed by atoms with E-state index in [1.807, 2.05) is 0 Å². The van der Waals surface area contributed by atoms with Crippen LogP contribution in [0.5, 0.6) is 0 Å². The number of nitro groups is 1. The third-order valence-electron chi connectivity index (χ3n) is 3.08. The second-order valence-corrected chi connectivity index (χ2v) is 5.02. The molecule has 0 unspecified atom stereocenters. The number of carboxylic acid groups (broad SMARTS) is 1. The molecular weight excluding hydrogens is 302 g/mol. The number of hydrogen-bond acceptors (Lipinski definition) is 5. The van der Waals surface area contributed by atoms with Crippen LogP contribution >= 0.6 is 11.6 Å². The summed E-state index contributed by atoms with van der Waals surface area (Å²) in [4.78, 5) is 38.2. The second kappa shape index (κ2) is 6.04. The number of halogens is 1. The first-order valence-electron chi connectivity index (χ1n) is 6.23. The van der Waals surface area contributed by atoms with Gasteiger partial charge in [0.25, 0.3) is 11.6 Å². The molecule has 0 bridgehead atoms. The maximum atomic E-state index is 12.4. The Balaban J connectivity index is 2.25. The van der Waals surface area contributed by atoms with Crippen LogP contribution in [-0.4, -0.2) is 44.4 Å². The van der Waals surface area contributed by atoms with E-state index in [2.05, 4.69) is 4.98 Å². The first-order chi connectivity index (χ1) is 9.90. The van der Waals surface area contributed by atoms with Crippen LogP contribution in [0.1, 0.15) is 29.6 Å². The van der Waals surface area contributed by atoms with Crippen LogP contribution in [-0.2, 0) is 4.79 Å². The molecule has 0 atom stereocenters. The predicted molar refractivity (Wildman–Crippen MR) is 72.2 cm³/mol. The van der Waals surface area contributed by atoms with E-state index in [0.29, 0.717) is 0 Å². The number of amides is 1. The van der Waals surface area contributed by atoms with Crippen LogP contribution in [0.15, 0.2) is 12.3 Å². The standard InChI is InChI=1S/C12H12ClN3O5/c13-11-9(5-8(6-14-11)16(20)21)12(19)15(7-1-2-7)4-3-10(17)18/h5-7H,1-4H2,(H,17,18). The molecule has 1 N–H and O–H groups in total. The Morgan fingerprint density at radius 2 is 2.19 bits per heavy atom. The highest BCUT2D eigenvalue weighted by molar-refractivity contribution is 6.32. The zero-order chi connectivity index (χ0) is 15.6. The summed E-state index contributed by atoms with van der Waals surface area (Å²) in [7, 11) is 0. The number of hydrogen-bond donors (Lipinski definition) is 1. The van der Waals surface area contributed by atoms with Crippen molar-refractivity contribution in [2.75, 3.05) is 6.54 Å². The Kier molecular flexibility index (Phi) is 4.37. The lowest BCUT2D eigenvalue weighted by Gasteiger charge is -2.21. The molecule has 1 fully saturated rings. The third-order valence-corrected chi connectivity index (χ3v) is 3.38.